The first-order chi connectivity index (χ1) is 12.0. The van der Waals surface area contributed by atoms with Crippen LogP contribution in [-0.4, -0.2) is 75.9 Å². The Morgan fingerprint density at radius 2 is 2.12 bits per heavy atom. The molecule has 1 atom stereocenters. The largest absolute Gasteiger partial charge is 0.394 e. The molecule has 1 N–H and O–H groups in total. The maximum atomic E-state index is 11.6. The second-order valence-corrected chi connectivity index (χ2v) is 8.55. The van der Waals surface area contributed by atoms with Crippen molar-refractivity contribution in [1.82, 2.24) is 24.6 Å². The van der Waals surface area contributed by atoms with Gasteiger partial charge in [0.15, 0.2) is 15.7 Å². The number of nitrogens with zero attached hydrogens (tertiary/aromatic N) is 5. The van der Waals surface area contributed by atoms with Gasteiger partial charge in [-0.3, -0.25) is 4.98 Å². The minimum atomic E-state index is -2.89. The highest BCUT2D eigenvalue weighted by Gasteiger charge is 2.30. The molecule has 1 saturated heterocycles. The predicted octanol–water partition coefficient (Wildman–Crippen LogP) is -0.00620. The Balaban J connectivity index is 1.70. The van der Waals surface area contributed by atoms with E-state index in [2.05, 4.69) is 20.0 Å². The van der Waals surface area contributed by atoms with E-state index in [-0.39, 0.29) is 24.2 Å². The zero-order chi connectivity index (χ0) is 17.9. The van der Waals surface area contributed by atoms with Gasteiger partial charge in [-0.05, 0) is 25.6 Å². The molecular formula is C16H23N5O3S. The van der Waals surface area contributed by atoms with E-state index in [9.17, 15) is 13.5 Å². The van der Waals surface area contributed by atoms with Crippen LogP contribution in [-0.2, 0) is 22.8 Å². The lowest BCUT2D eigenvalue weighted by molar-refractivity contribution is 0.253. The fourth-order valence-electron chi connectivity index (χ4n) is 3.04. The molecule has 0 radical (unpaired) electrons. The highest BCUT2D eigenvalue weighted by molar-refractivity contribution is 7.91. The summed E-state index contributed by atoms with van der Waals surface area (Å²) < 4.78 is 25.0. The quantitative estimate of drug-likeness (QED) is 0.736. The Kier molecular flexibility index (Phi) is 5.45. The molecule has 9 heteroatoms. The number of likely N-dealkylation sites (N-methyl/N-ethyl adjacent to an activating group) is 1. The summed E-state index contributed by atoms with van der Waals surface area (Å²) in [5.74, 6) is 1.90. The van der Waals surface area contributed by atoms with Crippen LogP contribution < -0.4 is 0 Å². The van der Waals surface area contributed by atoms with Gasteiger partial charge in [0.25, 0.3) is 0 Å². The Labute approximate surface area is 147 Å². The van der Waals surface area contributed by atoms with Crippen molar-refractivity contribution in [3.05, 3.63) is 30.4 Å². The molecule has 1 unspecified atom stereocenters. The average molecular weight is 365 g/mol. The van der Waals surface area contributed by atoms with Crippen LogP contribution in [0, 0.1) is 0 Å². The minimum Gasteiger partial charge on any atom is -0.394 e. The van der Waals surface area contributed by atoms with Crippen molar-refractivity contribution in [2.24, 2.45) is 0 Å². The van der Waals surface area contributed by atoms with Gasteiger partial charge in [-0.1, -0.05) is 0 Å². The third kappa shape index (κ3) is 4.42. The first-order valence-electron chi connectivity index (χ1n) is 8.34. The molecule has 0 aliphatic carbocycles. The summed E-state index contributed by atoms with van der Waals surface area (Å²) in [6, 6.07) is 3.76. The average Bonchev–Trinajstić information content (AvgIpc) is 3.17. The summed E-state index contributed by atoms with van der Waals surface area (Å²) in [4.78, 5) is 10.7. The van der Waals surface area contributed by atoms with Crippen molar-refractivity contribution in [1.29, 1.82) is 0 Å². The zero-order valence-electron chi connectivity index (χ0n) is 14.2. The first kappa shape index (κ1) is 18.0. The molecule has 3 rings (SSSR count). The number of hydrogen-bond donors (Lipinski definition) is 1. The van der Waals surface area contributed by atoms with E-state index in [0.29, 0.717) is 31.8 Å². The van der Waals surface area contributed by atoms with Crippen LogP contribution >= 0.6 is 0 Å². The smallest absolute Gasteiger partial charge is 0.181 e. The van der Waals surface area contributed by atoms with E-state index in [1.54, 1.807) is 17.1 Å². The zero-order valence-corrected chi connectivity index (χ0v) is 15.1. The van der Waals surface area contributed by atoms with Crippen LogP contribution in [0.25, 0.3) is 11.4 Å². The lowest BCUT2D eigenvalue weighted by atomic mass is 10.2. The lowest BCUT2D eigenvalue weighted by Gasteiger charge is -2.22. The molecule has 0 bridgehead atoms. The molecule has 0 amide bonds. The Morgan fingerprint density at radius 3 is 2.76 bits per heavy atom. The maximum Gasteiger partial charge on any atom is 0.181 e. The van der Waals surface area contributed by atoms with E-state index < -0.39 is 9.84 Å². The SMILES string of the molecule is CN(CCc1nc(-c2ccncc2)nn1CCO)C1CCS(=O)(=O)C1. The number of aliphatic hydroxyl groups is 1. The number of sulfone groups is 1. The van der Waals surface area contributed by atoms with Crippen molar-refractivity contribution >= 4 is 9.84 Å². The van der Waals surface area contributed by atoms with E-state index in [4.69, 9.17) is 0 Å². The normalized spacial score (nSPS) is 19.6. The summed E-state index contributed by atoms with van der Waals surface area (Å²) in [7, 11) is -0.939. The van der Waals surface area contributed by atoms with Crippen LogP contribution in [0.3, 0.4) is 0 Å². The third-order valence-electron chi connectivity index (χ3n) is 4.52. The van der Waals surface area contributed by atoms with E-state index in [0.717, 1.165) is 11.4 Å². The number of hydrogen-bond acceptors (Lipinski definition) is 7. The van der Waals surface area contributed by atoms with Gasteiger partial charge in [-0.15, -0.1) is 0 Å². The third-order valence-corrected chi connectivity index (χ3v) is 6.27. The van der Waals surface area contributed by atoms with E-state index in [1.165, 1.54) is 0 Å². The summed E-state index contributed by atoms with van der Waals surface area (Å²) >= 11 is 0. The second kappa shape index (κ2) is 7.59. The fourth-order valence-corrected chi connectivity index (χ4v) is 4.84. The second-order valence-electron chi connectivity index (χ2n) is 6.32. The van der Waals surface area contributed by atoms with Crippen molar-refractivity contribution in [3.8, 4) is 11.4 Å². The van der Waals surface area contributed by atoms with E-state index >= 15 is 0 Å². The van der Waals surface area contributed by atoms with Crippen molar-refractivity contribution in [2.75, 3.05) is 31.7 Å². The van der Waals surface area contributed by atoms with Gasteiger partial charge in [-0.2, -0.15) is 5.10 Å². The molecular weight excluding hydrogens is 342 g/mol. The van der Waals surface area contributed by atoms with Gasteiger partial charge < -0.3 is 10.0 Å². The van der Waals surface area contributed by atoms with E-state index in [1.807, 2.05) is 19.2 Å². The first-order valence-corrected chi connectivity index (χ1v) is 10.2. The van der Waals surface area contributed by atoms with Gasteiger partial charge in [-0.25, -0.2) is 18.1 Å². The van der Waals surface area contributed by atoms with Gasteiger partial charge in [0.05, 0.1) is 24.7 Å². The summed E-state index contributed by atoms with van der Waals surface area (Å²) in [5, 5.41) is 13.7. The molecule has 25 heavy (non-hydrogen) atoms. The molecule has 1 fully saturated rings. The van der Waals surface area contributed by atoms with Gasteiger partial charge >= 0.3 is 0 Å². The predicted molar refractivity (Wildman–Crippen MR) is 93.7 cm³/mol. The maximum absolute atomic E-state index is 11.6. The van der Waals surface area contributed by atoms with Crippen molar-refractivity contribution in [2.45, 2.75) is 25.4 Å². The molecule has 0 saturated carbocycles. The standard InChI is InChI=1S/C16H23N5O3S/c1-20(14-5-11-25(23,24)12-14)8-4-15-18-16(19-21(15)9-10-22)13-2-6-17-7-3-13/h2-3,6-7,14,22H,4-5,8-12H2,1H3. The van der Waals surface area contributed by atoms with Gasteiger partial charge in [0.1, 0.15) is 5.82 Å². The molecule has 0 spiro atoms. The monoisotopic (exact) mass is 365 g/mol. The fraction of sp³-hybridized carbons (Fsp3) is 0.562. The molecule has 136 valence electrons. The van der Waals surface area contributed by atoms with Crippen LogP contribution in [0.15, 0.2) is 24.5 Å². The molecule has 1 aliphatic heterocycles. The Hall–Kier alpha value is -1.84. The minimum absolute atomic E-state index is 0.0111. The van der Waals surface area contributed by atoms with Crippen molar-refractivity contribution < 1.29 is 13.5 Å². The summed E-state index contributed by atoms with van der Waals surface area (Å²) in [6.45, 7) is 1.07. The molecule has 1 aliphatic rings. The molecule has 0 aromatic carbocycles. The number of aromatic nitrogens is 4. The Bertz CT molecular complexity index is 806. The lowest BCUT2D eigenvalue weighted by Crippen LogP contribution is -2.34. The molecule has 2 aromatic rings. The number of rotatable bonds is 7. The highest BCUT2D eigenvalue weighted by Crippen LogP contribution is 2.18. The van der Waals surface area contributed by atoms with Crippen LogP contribution in [0.4, 0.5) is 0 Å². The highest BCUT2D eigenvalue weighted by atomic mass is 32.2. The summed E-state index contributed by atoms with van der Waals surface area (Å²) in [5.41, 5.74) is 0.878. The molecule has 8 nitrogen and oxygen atoms in total. The topological polar surface area (TPSA) is 101 Å². The van der Waals surface area contributed by atoms with Gasteiger partial charge in [0.2, 0.25) is 0 Å². The van der Waals surface area contributed by atoms with Crippen LogP contribution in [0.1, 0.15) is 12.2 Å². The number of aliphatic hydroxyl groups excluding tert-OH is 1. The van der Waals surface area contributed by atoms with Crippen LogP contribution in [0.2, 0.25) is 0 Å². The van der Waals surface area contributed by atoms with Gasteiger partial charge in [0, 0.05) is 37.0 Å². The Morgan fingerprint density at radius 1 is 1.36 bits per heavy atom. The molecule has 3 heterocycles. The molecule has 2 aromatic heterocycles. The van der Waals surface area contributed by atoms with Crippen LogP contribution in [0.5, 0.6) is 0 Å². The summed E-state index contributed by atoms with van der Waals surface area (Å²) in [6.07, 6.45) is 4.71. The van der Waals surface area contributed by atoms with Crippen molar-refractivity contribution in [3.63, 3.8) is 0 Å². The number of pyridine rings is 1.